The molecular formula is C18H16F3N5O3. The zero-order valence-electron chi connectivity index (χ0n) is 15.0. The Kier molecular flexibility index (Phi) is 5.69. The predicted molar refractivity (Wildman–Crippen MR) is 93.1 cm³/mol. The minimum atomic E-state index is -1.80. The van der Waals surface area contributed by atoms with Crippen molar-refractivity contribution in [3.63, 3.8) is 0 Å². The first kappa shape index (κ1) is 20.5. The van der Waals surface area contributed by atoms with E-state index in [9.17, 15) is 28.2 Å². The molecule has 0 bridgehead atoms. The summed E-state index contributed by atoms with van der Waals surface area (Å²) >= 11 is 0. The minimum Gasteiger partial charge on any atom is -0.374 e. The minimum absolute atomic E-state index is 0.0159. The van der Waals surface area contributed by atoms with Gasteiger partial charge >= 0.3 is 0 Å². The number of anilines is 1. The van der Waals surface area contributed by atoms with Crippen molar-refractivity contribution in [3.05, 3.63) is 58.7 Å². The lowest BCUT2D eigenvalue weighted by atomic mass is 10.1. The second-order valence-corrected chi connectivity index (χ2v) is 6.38. The highest BCUT2D eigenvalue weighted by atomic mass is 19.2. The van der Waals surface area contributed by atoms with E-state index in [1.54, 1.807) is 6.07 Å². The Morgan fingerprint density at radius 2 is 2.10 bits per heavy atom. The van der Waals surface area contributed by atoms with E-state index in [1.165, 1.54) is 6.92 Å². The van der Waals surface area contributed by atoms with Crippen LogP contribution in [0.5, 0.6) is 0 Å². The van der Waals surface area contributed by atoms with Crippen molar-refractivity contribution in [2.75, 3.05) is 11.9 Å². The Hall–Kier alpha value is -3.20. The molecule has 0 spiro atoms. The molecule has 0 radical (unpaired) electrons. The van der Waals surface area contributed by atoms with E-state index in [4.69, 9.17) is 5.26 Å². The lowest BCUT2D eigenvalue weighted by molar-refractivity contribution is -0.137. The van der Waals surface area contributed by atoms with Crippen molar-refractivity contribution < 1.29 is 28.2 Å². The first-order valence-electron chi connectivity index (χ1n) is 8.44. The van der Waals surface area contributed by atoms with Crippen LogP contribution in [-0.4, -0.2) is 38.9 Å². The second kappa shape index (κ2) is 8.04. The van der Waals surface area contributed by atoms with Gasteiger partial charge in [0.05, 0.1) is 29.4 Å². The Balaban J connectivity index is 1.73. The number of aliphatic hydroxyl groups excluding tert-OH is 2. The normalized spacial score (nSPS) is 19.6. The molecule has 2 heterocycles. The molecule has 2 unspecified atom stereocenters. The molecule has 152 valence electrons. The molecule has 3 rings (SSSR count). The van der Waals surface area contributed by atoms with Gasteiger partial charge in [-0.15, -0.1) is 0 Å². The Labute approximate surface area is 163 Å². The topological polar surface area (TPSA) is 122 Å². The average Bonchev–Trinajstić information content (AvgIpc) is 2.67. The first-order chi connectivity index (χ1) is 13.7. The zero-order valence-corrected chi connectivity index (χ0v) is 15.0. The Morgan fingerprint density at radius 3 is 2.76 bits per heavy atom. The van der Waals surface area contributed by atoms with Crippen LogP contribution < -0.4 is 10.6 Å². The van der Waals surface area contributed by atoms with Crippen LogP contribution in [0, 0.1) is 28.8 Å². The fourth-order valence-electron chi connectivity index (χ4n) is 2.99. The van der Waals surface area contributed by atoms with Crippen molar-refractivity contribution in [2.24, 2.45) is 0 Å². The summed E-state index contributed by atoms with van der Waals surface area (Å²) in [4.78, 5) is 16.9. The summed E-state index contributed by atoms with van der Waals surface area (Å²) in [6.45, 7) is 0.827. The van der Waals surface area contributed by atoms with Gasteiger partial charge in [-0.05, 0) is 25.1 Å². The number of nitrogens with one attached hydrogen (secondary N) is 2. The Bertz CT molecular complexity index is 997. The van der Waals surface area contributed by atoms with Crippen LogP contribution in [0.3, 0.4) is 0 Å². The first-order valence-corrected chi connectivity index (χ1v) is 8.44. The fraction of sp³-hybridized carbons (Fsp3) is 0.278. The van der Waals surface area contributed by atoms with Gasteiger partial charge in [-0.1, -0.05) is 0 Å². The summed E-state index contributed by atoms with van der Waals surface area (Å²) in [5, 5.41) is 34.1. The quantitative estimate of drug-likeness (QED) is 0.602. The lowest BCUT2D eigenvalue weighted by Crippen LogP contribution is -2.51. The number of hydrogen-bond donors (Lipinski definition) is 4. The number of nitrogens with zero attached hydrogens (tertiary/aromatic N) is 3. The molecule has 4 N–H and O–H groups in total. The molecule has 3 atom stereocenters. The lowest BCUT2D eigenvalue weighted by Gasteiger charge is -2.38. The van der Waals surface area contributed by atoms with E-state index in [2.05, 4.69) is 15.6 Å². The van der Waals surface area contributed by atoms with E-state index in [1.807, 2.05) is 0 Å². The number of rotatable bonds is 4. The van der Waals surface area contributed by atoms with E-state index in [-0.39, 0.29) is 16.9 Å². The van der Waals surface area contributed by atoms with Crippen molar-refractivity contribution in [1.29, 1.82) is 5.26 Å². The maximum Gasteiger partial charge on any atom is 0.234 e. The molecule has 0 aliphatic carbocycles. The van der Waals surface area contributed by atoms with Gasteiger partial charge < -0.3 is 20.8 Å². The largest absolute Gasteiger partial charge is 0.374 e. The highest BCUT2D eigenvalue weighted by molar-refractivity contribution is 5.78. The highest BCUT2D eigenvalue weighted by Crippen LogP contribution is 2.35. The van der Waals surface area contributed by atoms with Crippen LogP contribution in [0.4, 0.5) is 18.9 Å². The van der Waals surface area contributed by atoms with Crippen LogP contribution in [0.15, 0.2) is 24.4 Å². The molecular weight excluding hydrogens is 391 g/mol. The molecule has 2 aromatic rings. The van der Waals surface area contributed by atoms with Crippen LogP contribution >= 0.6 is 0 Å². The Morgan fingerprint density at radius 1 is 1.38 bits per heavy atom. The highest BCUT2D eigenvalue weighted by Gasteiger charge is 2.36. The van der Waals surface area contributed by atoms with E-state index in [0.29, 0.717) is 0 Å². The van der Waals surface area contributed by atoms with Gasteiger partial charge in [-0.3, -0.25) is 9.78 Å². The predicted octanol–water partition coefficient (Wildman–Crippen LogP) is 1.24. The summed E-state index contributed by atoms with van der Waals surface area (Å²) < 4.78 is 41.6. The van der Waals surface area contributed by atoms with Gasteiger partial charge in [0.2, 0.25) is 5.91 Å². The van der Waals surface area contributed by atoms with Gasteiger partial charge in [-0.25, -0.2) is 18.1 Å². The molecule has 1 aliphatic heterocycles. The number of fused-ring (bicyclic) bond motifs is 1. The maximum atomic E-state index is 14.1. The smallest absolute Gasteiger partial charge is 0.234 e. The summed E-state index contributed by atoms with van der Waals surface area (Å²) in [6.07, 6.45) is -2.21. The molecule has 1 aromatic heterocycles. The molecule has 0 saturated heterocycles. The number of carbonyl (C=O) groups excluding carboxylic acids is 1. The third-order valence-electron chi connectivity index (χ3n) is 4.42. The molecule has 29 heavy (non-hydrogen) atoms. The number of halogens is 3. The third kappa shape index (κ3) is 4.00. The molecule has 11 heteroatoms. The summed E-state index contributed by atoms with van der Waals surface area (Å²) in [5.74, 6) is -4.04. The van der Waals surface area contributed by atoms with Crippen molar-refractivity contribution in [2.45, 2.75) is 25.5 Å². The third-order valence-corrected chi connectivity index (χ3v) is 4.42. The SMILES string of the molecule is C[C@H](NC(=O)CN1C(O)Nc2ccc(F)c(F)c2C1O)c1ncc(C#N)cc1F. The number of pyridine rings is 1. The van der Waals surface area contributed by atoms with Gasteiger partial charge in [0, 0.05) is 11.9 Å². The number of aliphatic hydroxyl groups is 2. The van der Waals surface area contributed by atoms with Crippen LogP contribution in [0.1, 0.15) is 36.0 Å². The van der Waals surface area contributed by atoms with Crippen molar-refractivity contribution >= 4 is 11.6 Å². The van der Waals surface area contributed by atoms with Gasteiger partial charge in [0.1, 0.15) is 18.1 Å². The van der Waals surface area contributed by atoms with Crippen molar-refractivity contribution in [1.82, 2.24) is 15.2 Å². The number of benzene rings is 1. The fourth-order valence-corrected chi connectivity index (χ4v) is 2.99. The van der Waals surface area contributed by atoms with E-state index >= 15 is 0 Å². The number of nitriles is 1. The number of aromatic nitrogens is 1. The van der Waals surface area contributed by atoms with Crippen LogP contribution in [0.2, 0.25) is 0 Å². The van der Waals surface area contributed by atoms with Crippen LogP contribution in [-0.2, 0) is 4.79 Å². The molecule has 1 amide bonds. The van der Waals surface area contributed by atoms with Gasteiger partial charge in [0.15, 0.2) is 18.0 Å². The number of amides is 1. The van der Waals surface area contributed by atoms with Gasteiger partial charge in [0.25, 0.3) is 0 Å². The zero-order chi connectivity index (χ0) is 21.3. The summed E-state index contributed by atoms with van der Waals surface area (Å²) in [7, 11) is 0. The number of carbonyl (C=O) groups is 1. The molecule has 0 saturated carbocycles. The van der Waals surface area contributed by atoms with E-state index < -0.39 is 54.1 Å². The molecule has 0 fully saturated rings. The molecule has 8 nitrogen and oxygen atoms in total. The summed E-state index contributed by atoms with van der Waals surface area (Å²) in [5.41, 5.74) is -0.564. The van der Waals surface area contributed by atoms with Gasteiger partial charge in [-0.2, -0.15) is 5.26 Å². The average molecular weight is 407 g/mol. The van der Waals surface area contributed by atoms with Crippen molar-refractivity contribution in [3.8, 4) is 6.07 Å². The molecule has 1 aliphatic rings. The molecule has 1 aromatic carbocycles. The van der Waals surface area contributed by atoms with Crippen LogP contribution in [0.25, 0.3) is 0 Å². The number of hydrogen-bond acceptors (Lipinski definition) is 7. The standard InChI is InChI=1S/C18H16F3N5O3/c1-8(16-11(20)4-9(5-22)6-23-16)24-13(27)7-26-17(28)14-12(25-18(26)29)3-2-10(19)15(14)21/h2-4,6,8,17-18,25,28-29H,7H2,1H3,(H,24,27)/t8-,17?,18?/m0/s1. The van der Waals surface area contributed by atoms with E-state index in [0.717, 1.165) is 29.3 Å². The second-order valence-electron chi connectivity index (χ2n) is 6.38. The maximum absolute atomic E-state index is 14.1. The monoisotopic (exact) mass is 407 g/mol. The summed E-state index contributed by atoms with van der Waals surface area (Å²) in [6, 6.07) is 3.80.